The number of aryl methyl sites for hydroxylation is 1. The van der Waals surface area contributed by atoms with Crippen LogP contribution in [0.5, 0.6) is 0 Å². The minimum Gasteiger partial charge on any atom is -0.334 e. The first-order valence-electron chi connectivity index (χ1n) is 8.76. The normalized spacial score (nSPS) is 17.4. The van der Waals surface area contributed by atoms with Crippen LogP contribution in [0.4, 0.5) is 11.6 Å². The molecule has 2 heterocycles. The standard InChI is InChI=1S/C19H23ClN4O/c1-3-16-9-4-5-10-24(16)18(25)17-11-13(2)21-19(23-17)22-15-8-6-7-14(20)12-15/h6-8,11-12,16H,3-5,9-10H2,1-2H3,(H,21,22,23). The maximum Gasteiger partial charge on any atom is 0.272 e. The molecule has 3 rings (SSSR count). The van der Waals surface area contributed by atoms with Crippen molar-refractivity contribution in [1.82, 2.24) is 14.9 Å². The molecule has 1 aliphatic heterocycles. The largest absolute Gasteiger partial charge is 0.334 e. The Bertz CT molecular complexity index is 765. The van der Waals surface area contributed by atoms with E-state index >= 15 is 0 Å². The molecule has 0 radical (unpaired) electrons. The highest BCUT2D eigenvalue weighted by atomic mass is 35.5. The summed E-state index contributed by atoms with van der Waals surface area (Å²) in [5, 5.41) is 3.76. The molecule has 5 nitrogen and oxygen atoms in total. The lowest BCUT2D eigenvalue weighted by atomic mass is 9.99. The van der Waals surface area contributed by atoms with Crippen LogP contribution < -0.4 is 5.32 Å². The topological polar surface area (TPSA) is 58.1 Å². The highest BCUT2D eigenvalue weighted by molar-refractivity contribution is 6.30. The summed E-state index contributed by atoms with van der Waals surface area (Å²) in [6, 6.07) is 9.41. The number of piperidine rings is 1. The van der Waals surface area contributed by atoms with Gasteiger partial charge >= 0.3 is 0 Å². The fraction of sp³-hybridized carbons (Fsp3) is 0.421. The van der Waals surface area contributed by atoms with Crippen LogP contribution in [-0.2, 0) is 0 Å². The molecule has 6 heteroatoms. The number of hydrogen-bond acceptors (Lipinski definition) is 4. The SMILES string of the molecule is CCC1CCCCN1C(=O)c1cc(C)nc(Nc2cccc(Cl)c2)n1. The number of benzene rings is 1. The fourth-order valence-corrected chi connectivity index (χ4v) is 3.46. The summed E-state index contributed by atoms with van der Waals surface area (Å²) in [6.07, 6.45) is 4.29. The van der Waals surface area contributed by atoms with E-state index in [1.807, 2.05) is 24.0 Å². The minimum absolute atomic E-state index is 0.00815. The molecule has 25 heavy (non-hydrogen) atoms. The van der Waals surface area contributed by atoms with Gasteiger partial charge in [0.25, 0.3) is 5.91 Å². The number of nitrogens with zero attached hydrogens (tertiary/aromatic N) is 3. The van der Waals surface area contributed by atoms with Crippen molar-refractivity contribution in [2.75, 3.05) is 11.9 Å². The number of aromatic nitrogens is 2. The van der Waals surface area contributed by atoms with Crippen LogP contribution >= 0.6 is 11.6 Å². The monoisotopic (exact) mass is 358 g/mol. The summed E-state index contributed by atoms with van der Waals surface area (Å²) in [4.78, 5) is 23.8. The van der Waals surface area contributed by atoms with Crippen molar-refractivity contribution in [3.05, 3.63) is 46.7 Å². The third-order valence-electron chi connectivity index (χ3n) is 4.51. The molecule has 1 aliphatic rings. The van der Waals surface area contributed by atoms with Gasteiger partial charge in [0.2, 0.25) is 5.95 Å². The lowest BCUT2D eigenvalue weighted by Gasteiger charge is -2.35. The van der Waals surface area contributed by atoms with Gasteiger partial charge in [-0.15, -0.1) is 0 Å². The van der Waals surface area contributed by atoms with E-state index in [4.69, 9.17) is 11.6 Å². The number of anilines is 2. The second kappa shape index (κ2) is 7.83. The van der Waals surface area contributed by atoms with E-state index in [-0.39, 0.29) is 5.91 Å². The van der Waals surface area contributed by atoms with Gasteiger partial charge < -0.3 is 10.2 Å². The van der Waals surface area contributed by atoms with Crippen molar-refractivity contribution in [2.24, 2.45) is 0 Å². The summed E-state index contributed by atoms with van der Waals surface area (Å²) in [6.45, 7) is 4.81. The first kappa shape index (κ1) is 17.7. The van der Waals surface area contributed by atoms with Crippen molar-refractivity contribution < 1.29 is 4.79 Å². The molecule has 1 aromatic heterocycles. The van der Waals surface area contributed by atoms with E-state index in [0.29, 0.717) is 22.7 Å². The lowest BCUT2D eigenvalue weighted by Crippen LogP contribution is -2.43. The first-order valence-corrected chi connectivity index (χ1v) is 9.14. The van der Waals surface area contributed by atoms with Crippen molar-refractivity contribution in [3.63, 3.8) is 0 Å². The molecule has 1 saturated heterocycles. The van der Waals surface area contributed by atoms with Gasteiger partial charge in [-0.3, -0.25) is 4.79 Å². The number of likely N-dealkylation sites (tertiary alicyclic amines) is 1. The molecular formula is C19H23ClN4O. The molecule has 1 unspecified atom stereocenters. The van der Waals surface area contributed by atoms with Crippen molar-refractivity contribution in [2.45, 2.75) is 45.6 Å². The summed E-state index contributed by atoms with van der Waals surface area (Å²) >= 11 is 6.02. The van der Waals surface area contributed by atoms with E-state index in [0.717, 1.165) is 37.2 Å². The van der Waals surface area contributed by atoms with E-state index in [1.165, 1.54) is 6.42 Å². The fourth-order valence-electron chi connectivity index (χ4n) is 3.27. The zero-order valence-electron chi connectivity index (χ0n) is 14.6. The Morgan fingerprint density at radius 3 is 2.92 bits per heavy atom. The Morgan fingerprint density at radius 2 is 2.16 bits per heavy atom. The molecule has 1 amide bonds. The number of hydrogen-bond donors (Lipinski definition) is 1. The quantitative estimate of drug-likeness (QED) is 0.868. The van der Waals surface area contributed by atoms with Gasteiger partial charge in [-0.1, -0.05) is 24.6 Å². The van der Waals surface area contributed by atoms with Gasteiger partial charge in [0.05, 0.1) is 0 Å². The molecule has 1 atom stereocenters. The van der Waals surface area contributed by atoms with Crippen molar-refractivity contribution in [3.8, 4) is 0 Å². The summed E-state index contributed by atoms with van der Waals surface area (Å²) in [5.41, 5.74) is 1.99. The van der Waals surface area contributed by atoms with Crippen LogP contribution in [0.15, 0.2) is 30.3 Å². The van der Waals surface area contributed by atoms with E-state index in [9.17, 15) is 4.79 Å². The molecule has 0 spiro atoms. The van der Waals surface area contributed by atoms with Gasteiger partial charge in [0.1, 0.15) is 5.69 Å². The van der Waals surface area contributed by atoms with Crippen LogP contribution in [0.1, 0.15) is 48.8 Å². The van der Waals surface area contributed by atoms with E-state index < -0.39 is 0 Å². The Kier molecular flexibility index (Phi) is 5.53. The number of rotatable bonds is 4. The van der Waals surface area contributed by atoms with Gasteiger partial charge in [0.15, 0.2) is 0 Å². The second-order valence-electron chi connectivity index (χ2n) is 6.41. The molecule has 0 saturated carbocycles. The Hall–Kier alpha value is -2.14. The van der Waals surface area contributed by atoms with Gasteiger partial charge in [-0.05, 0) is 56.9 Å². The van der Waals surface area contributed by atoms with Crippen LogP contribution in [0.2, 0.25) is 5.02 Å². The zero-order chi connectivity index (χ0) is 17.8. The molecule has 132 valence electrons. The van der Waals surface area contributed by atoms with E-state index in [1.54, 1.807) is 18.2 Å². The summed E-state index contributed by atoms with van der Waals surface area (Å²) < 4.78 is 0. The summed E-state index contributed by atoms with van der Waals surface area (Å²) in [7, 11) is 0. The Balaban J connectivity index is 1.84. The predicted molar refractivity (Wildman–Crippen MR) is 100 cm³/mol. The van der Waals surface area contributed by atoms with Crippen LogP contribution in [0, 0.1) is 6.92 Å². The lowest BCUT2D eigenvalue weighted by molar-refractivity contribution is 0.0602. The van der Waals surface area contributed by atoms with Gasteiger partial charge in [-0.25, -0.2) is 9.97 Å². The van der Waals surface area contributed by atoms with Gasteiger partial charge in [0, 0.05) is 29.0 Å². The second-order valence-corrected chi connectivity index (χ2v) is 6.85. The number of halogens is 1. The predicted octanol–water partition coefficient (Wildman–Crippen LogP) is 4.59. The minimum atomic E-state index is -0.00815. The van der Waals surface area contributed by atoms with Crippen LogP contribution in [-0.4, -0.2) is 33.4 Å². The Morgan fingerprint density at radius 1 is 1.32 bits per heavy atom. The van der Waals surface area contributed by atoms with Crippen molar-refractivity contribution >= 4 is 29.1 Å². The third kappa shape index (κ3) is 4.28. The van der Waals surface area contributed by atoms with Crippen LogP contribution in [0.3, 0.4) is 0 Å². The maximum absolute atomic E-state index is 13.0. The first-order chi connectivity index (χ1) is 12.1. The molecule has 0 bridgehead atoms. The smallest absolute Gasteiger partial charge is 0.272 e. The zero-order valence-corrected chi connectivity index (χ0v) is 15.4. The molecule has 1 fully saturated rings. The number of amides is 1. The molecule has 1 aromatic carbocycles. The molecule has 2 aromatic rings. The molecular weight excluding hydrogens is 336 g/mol. The van der Waals surface area contributed by atoms with Crippen molar-refractivity contribution in [1.29, 1.82) is 0 Å². The Labute approximate surface area is 153 Å². The van der Waals surface area contributed by atoms with Gasteiger partial charge in [-0.2, -0.15) is 0 Å². The molecule has 0 aliphatic carbocycles. The number of carbonyl (C=O) groups is 1. The average molecular weight is 359 g/mol. The maximum atomic E-state index is 13.0. The molecule has 1 N–H and O–H groups in total. The third-order valence-corrected chi connectivity index (χ3v) is 4.75. The van der Waals surface area contributed by atoms with E-state index in [2.05, 4.69) is 22.2 Å². The highest BCUT2D eigenvalue weighted by Crippen LogP contribution is 2.23. The number of nitrogens with one attached hydrogen (secondary N) is 1. The summed E-state index contributed by atoms with van der Waals surface area (Å²) in [5.74, 6) is 0.405. The number of carbonyl (C=O) groups excluding carboxylic acids is 1. The average Bonchev–Trinajstić information content (AvgIpc) is 2.60. The highest BCUT2D eigenvalue weighted by Gasteiger charge is 2.27. The van der Waals surface area contributed by atoms with Crippen LogP contribution in [0.25, 0.3) is 0 Å².